The van der Waals surface area contributed by atoms with E-state index in [9.17, 15) is 21.2 Å². The molecule has 0 heterocycles. The van der Waals surface area contributed by atoms with Gasteiger partial charge in [0.25, 0.3) is 0 Å². The maximum atomic E-state index is 13.1. The van der Waals surface area contributed by atoms with E-state index in [-0.39, 0.29) is 28.4 Å². The largest absolute Gasteiger partial charge is 0.396 e. The number of nitrogen functional groups attached to an aromatic ring is 1. The van der Waals surface area contributed by atoms with Crippen LogP contribution >= 0.6 is 0 Å². The highest BCUT2D eigenvalue weighted by Crippen LogP contribution is 2.21. The average Bonchev–Trinajstić information content (AvgIpc) is 2.20. The van der Waals surface area contributed by atoms with Crippen molar-refractivity contribution in [3.8, 4) is 0 Å². The second kappa shape index (κ2) is 5.43. The fourth-order valence-electron chi connectivity index (χ4n) is 1.40. The van der Waals surface area contributed by atoms with Gasteiger partial charge in [0.1, 0.15) is 15.7 Å². The molecule has 1 rings (SSSR count). The number of halogens is 1. The number of hydrogen-bond acceptors (Lipinski definition) is 5. The molecule has 6 nitrogen and oxygen atoms in total. The Morgan fingerprint density at radius 1 is 1.26 bits per heavy atom. The van der Waals surface area contributed by atoms with Crippen LogP contribution in [0.2, 0.25) is 0 Å². The molecule has 9 heteroatoms. The fraction of sp³-hybridized carbons (Fsp3) is 0.400. The van der Waals surface area contributed by atoms with E-state index in [1.54, 1.807) is 0 Å². The Morgan fingerprint density at radius 2 is 1.84 bits per heavy atom. The van der Waals surface area contributed by atoms with E-state index in [1.807, 2.05) is 0 Å². The second-order valence-electron chi connectivity index (χ2n) is 4.17. The van der Waals surface area contributed by atoms with Gasteiger partial charge in [0, 0.05) is 12.8 Å². The first-order valence-corrected chi connectivity index (χ1v) is 8.80. The van der Waals surface area contributed by atoms with Crippen molar-refractivity contribution in [3.05, 3.63) is 23.5 Å². The molecule has 0 aliphatic carbocycles. The second-order valence-corrected chi connectivity index (χ2v) is 8.16. The number of sulfone groups is 1. The van der Waals surface area contributed by atoms with Gasteiger partial charge in [-0.3, -0.25) is 0 Å². The Hall–Kier alpha value is -1.19. The number of sulfonamides is 1. The van der Waals surface area contributed by atoms with Crippen LogP contribution in [0.1, 0.15) is 5.56 Å². The van der Waals surface area contributed by atoms with Crippen LogP contribution in [0.25, 0.3) is 0 Å². The minimum atomic E-state index is -3.91. The normalized spacial score (nSPS) is 12.6. The Morgan fingerprint density at radius 3 is 2.37 bits per heavy atom. The molecule has 0 atom stereocenters. The number of nitrogens with one attached hydrogen (secondary N) is 1. The Bertz CT molecular complexity index is 684. The van der Waals surface area contributed by atoms with Crippen molar-refractivity contribution in [2.75, 3.05) is 24.3 Å². The topological polar surface area (TPSA) is 106 Å². The molecule has 0 amide bonds. The Labute approximate surface area is 111 Å². The minimum absolute atomic E-state index is 0.167. The lowest BCUT2D eigenvalue weighted by Gasteiger charge is -2.10. The summed E-state index contributed by atoms with van der Waals surface area (Å²) in [5.41, 5.74) is 5.23. The third kappa shape index (κ3) is 4.44. The number of aryl methyl sites for hydroxylation is 1. The van der Waals surface area contributed by atoms with Gasteiger partial charge in [-0.25, -0.2) is 25.9 Å². The standard InChI is InChI=1S/C10H15FN2O4S2/c1-7-5-8(11)9(12)6-10(7)19(16,17)13-3-4-18(2,14)15/h5-6,13H,3-4,12H2,1-2H3. The smallest absolute Gasteiger partial charge is 0.240 e. The fourth-order valence-corrected chi connectivity index (χ4v) is 3.29. The predicted molar refractivity (Wildman–Crippen MR) is 70.4 cm³/mol. The van der Waals surface area contributed by atoms with E-state index in [2.05, 4.69) is 4.72 Å². The predicted octanol–water partition coefficient (Wildman–Crippen LogP) is 0.0392. The monoisotopic (exact) mass is 310 g/mol. The number of rotatable bonds is 5. The molecule has 108 valence electrons. The van der Waals surface area contributed by atoms with Crippen molar-refractivity contribution < 1.29 is 21.2 Å². The van der Waals surface area contributed by atoms with Crippen LogP contribution in [0.5, 0.6) is 0 Å². The summed E-state index contributed by atoms with van der Waals surface area (Å²) in [6, 6.07) is 2.02. The molecule has 0 radical (unpaired) electrons. The van der Waals surface area contributed by atoms with Gasteiger partial charge in [0.05, 0.1) is 16.3 Å². The summed E-state index contributed by atoms with van der Waals surface area (Å²) in [6.07, 6.45) is 1.00. The molecular weight excluding hydrogens is 295 g/mol. The Balaban J connectivity index is 2.98. The van der Waals surface area contributed by atoms with Gasteiger partial charge >= 0.3 is 0 Å². The molecule has 1 aromatic rings. The van der Waals surface area contributed by atoms with E-state index in [0.29, 0.717) is 0 Å². The van der Waals surface area contributed by atoms with Crippen LogP contribution in [0.15, 0.2) is 17.0 Å². The molecule has 0 unspecified atom stereocenters. The van der Waals surface area contributed by atoms with Gasteiger partial charge < -0.3 is 5.73 Å². The van der Waals surface area contributed by atoms with Crippen LogP contribution in [0, 0.1) is 12.7 Å². The summed E-state index contributed by atoms with van der Waals surface area (Å²) in [6.45, 7) is 1.17. The lowest BCUT2D eigenvalue weighted by atomic mass is 10.2. The quantitative estimate of drug-likeness (QED) is 0.747. The van der Waals surface area contributed by atoms with Gasteiger partial charge in [-0.1, -0.05) is 0 Å². The summed E-state index contributed by atoms with van der Waals surface area (Å²) in [5, 5.41) is 0. The number of anilines is 1. The summed E-state index contributed by atoms with van der Waals surface area (Å²) in [7, 11) is -7.18. The van der Waals surface area contributed by atoms with Gasteiger partial charge in [0.2, 0.25) is 10.0 Å². The highest BCUT2D eigenvalue weighted by Gasteiger charge is 2.19. The molecule has 0 saturated carbocycles. The molecule has 0 aliphatic rings. The number of benzene rings is 1. The van der Waals surface area contributed by atoms with Crippen LogP contribution in [0.4, 0.5) is 10.1 Å². The minimum Gasteiger partial charge on any atom is -0.396 e. The number of hydrogen-bond donors (Lipinski definition) is 2. The molecule has 0 bridgehead atoms. The van der Waals surface area contributed by atoms with Gasteiger partial charge in [0.15, 0.2) is 0 Å². The zero-order valence-corrected chi connectivity index (χ0v) is 12.1. The summed E-state index contributed by atoms with van der Waals surface area (Å²) >= 11 is 0. The maximum Gasteiger partial charge on any atom is 0.240 e. The van der Waals surface area contributed by atoms with Gasteiger partial charge in [-0.2, -0.15) is 0 Å². The highest BCUT2D eigenvalue weighted by molar-refractivity contribution is 7.91. The van der Waals surface area contributed by atoms with Crippen molar-refractivity contribution in [2.45, 2.75) is 11.8 Å². The molecule has 19 heavy (non-hydrogen) atoms. The molecule has 0 fully saturated rings. The van der Waals surface area contributed by atoms with Gasteiger partial charge in [-0.05, 0) is 24.6 Å². The zero-order valence-electron chi connectivity index (χ0n) is 10.5. The average molecular weight is 310 g/mol. The first kappa shape index (κ1) is 15.9. The molecule has 1 aromatic carbocycles. The molecular formula is C10H15FN2O4S2. The van der Waals surface area contributed by atoms with Crippen molar-refractivity contribution in [1.82, 2.24) is 4.72 Å². The van der Waals surface area contributed by atoms with Crippen molar-refractivity contribution in [3.63, 3.8) is 0 Å². The number of nitrogens with two attached hydrogens (primary N) is 1. The molecule has 0 aliphatic heterocycles. The highest BCUT2D eigenvalue weighted by atomic mass is 32.2. The van der Waals surface area contributed by atoms with Crippen LogP contribution < -0.4 is 10.5 Å². The SMILES string of the molecule is Cc1cc(F)c(N)cc1S(=O)(=O)NCCS(C)(=O)=O. The molecule has 0 saturated heterocycles. The third-order valence-corrected chi connectivity index (χ3v) is 4.90. The van der Waals surface area contributed by atoms with Crippen molar-refractivity contribution in [1.29, 1.82) is 0 Å². The van der Waals surface area contributed by atoms with E-state index in [4.69, 9.17) is 5.73 Å². The summed E-state index contributed by atoms with van der Waals surface area (Å²) < 4.78 is 60.9. The van der Waals surface area contributed by atoms with Crippen LogP contribution in [-0.4, -0.2) is 35.4 Å². The molecule has 3 N–H and O–H groups in total. The maximum absolute atomic E-state index is 13.1. The van der Waals surface area contributed by atoms with Crippen molar-refractivity contribution in [2.24, 2.45) is 0 Å². The summed E-state index contributed by atoms with van der Waals surface area (Å²) in [4.78, 5) is -0.167. The molecule has 0 aromatic heterocycles. The molecule has 0 spiro atoms. The summed E-state index contributed by atoms with van der Waals surface area (Å²) in [5.74, 6) is -1.02. The van der Waals surface area contributed by atoms with E-state index >= 15 is 0 Å². The van der Waals surface area contributed by atoms with Crippen molar-refractivity contribution >= 4 is 25.5 Å². The van der Waals surface area contributed by atoms with E-state index < -0.39 is 25.7 Å². The lowest BCUT2D eigenvalue weighted by Crippen LogP contribution is -2.29. The van der Waals surface area contributed by atoms with Crippen LogP contribution in [0.3, 0.4) is 0 Å². The first-order valence-electron chi connectivity index (χ1n) is 5.26. The first-order chi connectivity index (χ1) is 8.53. The zero-order chi connectivity index (χ0) is 14.8. The van der Waals surface area contributed by atoms with Gasteiger partial charge in [-0.15, -0.1) is 0 Å². The Kier molecular flexibility index (Phi) is 4.54. The third-order valence-electron chi connectivity index (χ3n) is 2.35. The van der Waals surface area contributed by atoms with E-state index in [1.165, 1.54) is 6.92 Å². The van der Waals surface area contributed by atoms with E-state index in [0.717, 1.165) is 18.4 Å². The van der Waals surface area contributed by atoms with Crippen LogP contribution in [-0.2, 0) is 19.9 Å². The lowest BCUT2D eigenvalue weighted by molar-refractivity contribution is 0.580.